The van der Waals surface area contributed by atoms with E-state index in [0.29, 0.717) is 11.4 Å². The van der Waals surface area contributed by atoms with Gasteiger partial charge < -0.3 is 11.1 Å². The lowest BCUT2D eigenvalue weighted by Crippen LogP contribution is -2.34. The van der Waals surface area contributed by atoms with Crippen LogP contribution < -0.4 is 11.1 Å². The van der Waals surface area contributed by atoms with Crippen molar-refractivity contribution < 1.29 is 8.42 Å². The zero-order chi connectivity index (χ0) is 13.3. The molecular formula is C13H20N2O2S. The van der Waals surface area contributed by atoms with Crippen LogP contribution in [0, 0.1) is 13.8 Å². The van der Waals surface area contributed by atoms with E-state index in [0.717, 1.165) is 29.7 Å². The first-order valence-electron chi connectivity index (χ1n) is 6.24. The quantitative estimate of drug-likeness (QED) is 0.873. The lowest BCUT2D eigenvalue weighted by Gasteiger charge is -2.27. The highest BCUT2D eigenvalue weighted by Crippen LogP contribution is 2.31. The lowest BCUT2D eigenvalue weighted by molar-refractivity contribution is 0.575. The Balaban J connectivity index is 2.38. The Kier molecular flexibility index (Phi) is 3.64. The molecule has 0 bridgehead atoms. The maximum Gasteiger partial charge on any atom is 0.182 e. The van der Waals surface area contributed by atoms with Gasteiger partial charge in [-0.1, -0.05) is 0 Å². The Bertz CT molecular complexity index is 552. The fraction of sp³-hybridized carbons (Fsp3) is 0.538. The van der Waals surface area contributed by atoms with Crippen LogP contribution in [0.15, 0.2) is 17.0 Å². The van der Waals surface area contributed by atoms with Gasteiger partial charge in [-0.15, -0.1) is 0 Å². The summed E-state index contributed by atoms with van der Waals surface area (Å²) in [6, 6.07) is 3.68. The van der Waals surface area contributed by atoms with Crippen LogP contribution in [0.2, 0.25) is 0 Å². The van der Waals surface area contributed by atoms with Crippen molar-refractivity contribution in [2.45, 2.75) is 37.6 Å². The van der Waals surface area contributed by atoms with Gasteiger partial charge >= 0.3 is 0 Å². The summed E-state index contributed by atoms with van der Waals surface area (Å²) in [5.41, 5.74) is 8.34. The minimum absolute atomic E-state index is 0.0202. The van der Waals surface area contributed by atoms with Crippen molar-refractivity contribution in [3.63, 3.8) is 0 Å². The summed E-state index contributed by atoms with van der Waals surface area (Å²) in [4.78, 5) is 0.439. The number of rotatable bonds is 3. The first-order chi connectivity index (χ1) is 8.44. The molecule has 18 heavy (non-hydrogen) atoms. The van der Waals surface area contributed by atoms with Crippen LogP contribution in [-0.2, 0) is 9.84 Å². The van der Waals surface area contributed by atoms with Gasteiger partial charge in [-0.3, -0.25) is 0 Å². The Morgan fingerprint density at radius 2 is 2.00 bits per heavy atom. The maximum atomic E-state index is 12.2. The fourth-order valence-corrected chi connectivity index (χ4v) is 4.06. The lowest BCUT2D eigenvalue weighted by atomic mass is 10.1. The Morgan fingerprint density at radius 1 is 1.33 bits per heavy atom. The van der Waals surface area contributed by atoms with Crippen LogP contribution in [0.25, 0.3) is 0 Å². The molecule has 1 aromatic rings. The molecule has 1 aromatic carbocycles. The van der Waals surface area contributed by atoms with Crippen LogP contribution in [0.1, 0.15) is 24.0 Å². The van der Waals surface area contributed by atoms with Gasteiger partial charge in [0.15, 0.2) is 9.84 Å². The zero-order valence-corrected chi connectivity index (χ0v) is 11.7. The number of nitrogens with two attached hydrogens (primary N) is 1. The second kappa shape index (κ2) is 4.90. The highest BCUT2D eigenvalue weighted by atomic mass is 32.2. The number of hydrogen-bond acceptors (Lipinski definition) is 4. The maximum absolute atomic E-state index is 12.2. The number of benzene rings is 1. The van der Waals surface area contributed by atoms with Gasteiger partial charge in [-0.25, -0.2) is 8.42 Å². The first kappa shape index (κ1) is 13.4. The molecule has 0 saturated heterocycles. The van der Waals surface area contributed by atoms with E-state index in [4.69, 9.17) is 5.73 Å². The Morgan fingerprint density at radius 3 is 2.67 bits per heavy atom. The molecule has 0 fully saturated rings. The van der Waals surface area contributed by atoms with Crippen molar-refractivity contribution in [3.8, 4) is 0 Å². The first-order valence-corrected chi connectivity index (χ1v) is 7.90. The second-order valence-corrected chi connectivity index (χ2v) is 6.99. The van der Waals surface area contributed by atoms with Crippen LogP contribution >= 0.6 is 0 Å². The van der Waals surface area contributed by atoms with E-state index in [1.54, 1.807) is 6.07 Å². The summed E-state index contributed by atoms with van der Waals surface area (Å²) in [6.07, 6.45) is 1.63. The number of fused-ring (bicyclic) bond motifs is 1. The van der Waals surface area contributed by atoms with Crippen molar-refractivity contribution in [2.75, 3.05) is 17.6 Å². The SMILES string of the molecule is Cc1cc2c(cc1C)S(=O)(=O)CC(CCCN)N2. The third kappa shape index (κ3) is 2.52. The van der Waals surface area contributed by atoms with E-state index < -0.39 is 9.84 Å². The fourth-order valence-electron chi connectivity index (χ4n) is 2.30. The second-order valence-electron chi connectivity index (χ2n) is 4.99. The van der Waals surface area contributed by atoms with E-state index in [2.05, 4.69) is 5.32 Å². The largest absolute Gasteiger partial charge is 0.380 e. The molecule has 100 valence electrons. The molecule has 1 aliphatic rings. The van der Waals surface area contributed by atoms with Crippen molar-refractivity contribution in [2.24, 2.45) is 5.73 Å². The van der Waals surface area contributed by atoms with E-state index in [9.17, 15) is 8.42 Å². The number of sulfone groups is 1. The predicted molar refractivity (Wildman–Crippen MR) is 73.7 cm³/mol. The summed E-state index contributed by atoms with van der Waals surface area (Å²) in [6.45, 7) is 4.52. The molecule has 0 aromatic heterocycles. The van der Waals surface area contributed by atoms with Gasteiger partial charge in [0, 0.05) is 6.04 Å². The summed E-state index contributed by atoms with van der Waals surface area (Å²) in [5, 5.41) is 3.32. The highest BCUT2D eigenvalue weighted by molar-refractivity contribution is 7.91. The van der Waals surface area contributed by atoms with E-state index >= 15 is 0 Å². The zero-order valence-electron chi connectivity index (χ0n) is 10.9. The Hall–Kier alpha value is -1.07. The van der Waals surface area contributed by atoms with Crippen molar-refractivity contribution >= 4 is 15.5 Å². The van der Waals surface area contributed by atoms with E-state index in [-0.39, 0.29) is 11.8 Å². The molecular weight excluding hydrogens is 248 g/mol. The minimum atomic E-state index is -3.16. The molecule has 0 radical (unpaired) electrons. The molecule has 0 spiro atoms. The standard InChI is InChI=1S/C13H20N2O2S/c1-9-6-12-13(7-10(9)2)18(16,17)8-11(15-12)4-3-5-14/h6-7,11,15H,3-5,8,14H2,1-2H3. The molecule has 1 unspecified atom stereocenters. The summed E-state index contributed by atoms with van der Waals surface area (Å²) < 4.78 is 24.5. The number of anilines is 1. The number of hydrogen-bond donors (Lipinski definition) is 2. The molecule has 0 aliphatic carbocycles. The van der Waals surface area contributed by atoms with Gasteiger partial charge in [-0.2, -0.15) is 0 Å². The highest BCUT2D eigenvalue weighted by Gasteiger charge is 2.29. The van der Waals surface area contributed by atoms with Crippen molar-refractivity contribution in [3.05, 3.63) is 23.3 Å². The molecule has 5 heteroatoms. The smallest absolute Gasteiger partial charge is 0.182 e. The molecule has 1 heterocycles. The van der Waals surface area contributed by atoms with Gasteiger partial charge in [-0.05, 0) is 56.5 Å². The molecule has 0 saturated carbocycles. The van der Waals surface area contributed by atoms with Crippen LogP contribution in [0.3, 0.4) is 0 Å². The van der Waals surface area contributed by atoms with Gasteiger partial charge in [0.25, 0.3) is 0 Å². The van der Waals surface area contributed by atoms with Crippen LogP contribution in [-0.4, -0.2) is 26.8 Å². The van der Waals surface area contributed by atoms with Gasteiger partial charge in [0.05, 0.1) is 16.3 Å². The topological polar surface area (TPSA) is 72.2 Å². The molecule has 3 N–H and O–H groups in total. The van der Waals surface area contributed by atoms with Crippen LogP contribution in [0.4, 0.5) is 5.69 Å². The molecule has 0 amide bonds. The number of nitrogens with one attached hydrogen (secondary N) is 1. The van der Waals surface area contributed by atoms with Crippen molar-refractivity contribution in [1.82, 2.24) is 0 Å². The van der Waals surface area contributed by atoms with Crippen LogP contribution in [0.5, 0.6) is 0 Å². The van der Waals surface area contributed by atoms with Gasteiger partial charge in [0.2, 0.25) is 0 Å². The summed E-state index contributed by atoms with van der Waals surface area (Å²) >= 11 is 0. The summed E-state index contributed by atoms with van der Waals surface area (Å²) in [5.74, 6) is 0.169. The average Bonchev–Trinajstić information content (AvgIpc) is 2.28. The molecule has 1 aliphatic heterocycles. The Labute approximate surface area is 108 Å². The third-order valence-corrected chi connectivity index (χ3v) is 5.32. The normalized spacial score (nSPS) is 21.2. The predicted octanol–water partition coefficient (Wildman–Crippen LogP) is 1.61. The molecule has 1 atom stereocenters. The third-order valence-electron chi connectivity index (χ3n) is 3.47. The minimum Gasteiger partial charge on any atom is -0.380 e. The van der Waals surface area contributed by atoms with E-state index in [1.807, 2.05) is 19.9 Å². The number of aryl methyl sites for hydroxylation is 2. The monoisotopic (exact) mass is 268 g/mol. The van der Waals surface area contributed by atoms with Crippen molar-refractivity contribution in [1.29, 1.82) is 0 Å². The van der Waals surface area contributed by atoms with Gasteiger partial charge in [0.1, 0.15) is 0 Å². The molecule has 2 rings (SSSR count). The van der Waals surface area contributed by atoms with E-state index in [1.165, 1.54) is 0 Å². The molecule has 4 nitrogen and oxygen atoms in total. The summed E-state index contributed by atoms with van der Waals surface area (Å²) in [7, 11) is -3.16. The average molecular weight is 268 g/mol.